The van der Waals surface area contributed by atoms with Crippen LogP contribution in [0.15, 0.2) is 30.3 Å². The molecule has 2 fully saturated rings. The van der Waals surface area contributed by atoms with Gasteiger partial charge in [-0.25, -0.2) is 0 Å². The van der Waals surface area contributed by atoms with Crippen LogP contribution in [-0.2, 0) is 0 Å². The molecule has 2 aliphatic rings. The normalized spacial score (nSPS) is 20.5. The SMILES string of the molecule is CC1(C)CCCC(C)(C)[N-]1.CC1(C)CCCC(C)(C)[N-]1.C[NH+](C)CC[NH+](C)C.[Mg+2].[Na+].[c-]1ccccc1. The van der Waals surface area contributed by atoms with Crippen LogP contribution in [0.25, 0.3) is 10.6 Å². The van der Waals surface area contributed by atoms with Crippen LogP contribution in [-0.4, -0.2) is 86.5 Å². The molecule has 2 aliphatic heterocycles. The third-order valence-corrected chi connectivity index (χ3v) is 6.10. The van der Waals surface area contributed by atoms with E-state index in [2.05, 4.69) is 89.6 Å². The molecule has 0 unspecified atom stereocenters. The van der Waals surface area contributed by atoms with Crippen LogP contribution in [0.3, 0.4) is 0 Å². The third-order valence-electron chi connectivity index (χ3n) is 6.10. The average molecular weight is 523 g/mol. The maximum atomic E-state index is 4.75. The molecule has 6 heteroatoms. The Labute approximate surface area is 264 Å². The van der Waals surface area contributed by atoms with E-state index in [9.17, 15) is 0 Å². The first-order valence-electron chi connectivity index (χ1n) is 13.4. The molecule has 0 spiro atoms. The maximum Gasteiger partial charge on any atom is 2.00 e. The summed E-state index contributed by atoms with van der Waals surface area (Å²) in [4.78, 5) is 3.07. The Kier molecular flexibility index (Phi) is 22.7. The summed E-state index contributed by atoms with van der Waals surface area (Å²) in [7, 11) is 8.73. The second-order valence-corrected chi connectivity index (χ2v) is 13.2. The van der Waals surface area contributed by atoms with Gasteiger partial charge in [-0.3, -0.25) is 0 Å². The molecule has 0 atom stereocenters. The van der Waals surface area contributed by atoms with Gasteiger partial charge in [0.15, 0.2) is 0 Å². The van der Waals surface area contributed by atoms with E-state index >= 15 is 0 Å². The van der Waals surface area contributed by atoms with E-state index in [-0.39, 0.29) is 74.8 Å². The Balaban J connectivity index is -0.000000402. The van der Waals surface area contributed by atoms with Crippen LogP contribution < -0.4 is 39.4 Å². The molecule has 1 aromatic rings. The summed E-state index contributed by atoms with van der Waals surface area (Å²) in [5, 5.41) is 9.49. The minimum absolute atomic E-state index is 0. The summed E-state index contributed by atoms with van der Waals surface area (Å²) in [5.74, 6) is 0. The van der Waals surface area contributed by atoms with Gasteiger partial charge in [-0.05, 0) is 0 Å². The Morgan fingerprint density at radius 1 is 0.583 bits per heavy atom. The van der Waals surface area contributed by atoms with Crippen molar-refractivity contribution in [3.8, 4) is 0 Å². The molecule has 0 radical (unpaired) electrons. The van der Waals surface area contributed by atoms with Crippen LogP contribution in [0.5, 0.6) is 0 Å². The van der Waals surface area contributed by atoms with E-state index in [1.165, 1.54) is 61.4 Å². The zero-order valence-electron chi connectivity index (χ0n) is 26.6. The molecule has 2 N–H and O–H groups in total. The number of nitrogens with one attached hydrogen (secondary N) is 2. The molecule has 3 rings (SSSR count). The Morgan fingerprint density at radius 2 is 0.861 bits per heavy atom. The summed E-state index contributed by atoms with van der Waals surface area (Å²) in [6, 6.07) is 12.5. The van der Waals surface area contributed by atoms with E-state index in [1.807, 2.05) is 30.3 Å². The Morgan fingerprint density at radius 3 is 0.972 bits per heavy atom. The van der Waals surface area contributed by atoms with Crippen molar-refractivity contribution >= 4 is 23.1 Å². The number of nitrogens with zero attached hydrogens (tertiary/aromatic N) is 2. The van der Waals surface area contributed by atoms with Crippen molar-refractivity contribution in [1.29, 1.82) is 0 Å². The van der Waals surface area contributed by atoms with E-state index in [0.717, 1.165) is 0 Å². The first-order chi connectivity index (χ1) is 15.5. The first-order valence-corrected chi connectivity index (χ1v) is 13.4. The fourth-order valence-electron chi connectivity index (χ4n) is 4.61. The van der Waals surface area contributed by atoms with Crippen LogP contribution in [0.1, 0.15) is 93.9 Å². The minimum atomic E-state index is 0. The van der Waals surface area contributed by atoms with Crippen LogP contribution in [0.4, 0.5) is 0 Å². The van der Waals surface area contributed by atoms with Crippen molar-refractivity contribution in [3.05, 3.63) is 47.0 Å². The largest absolute Gasteiger partial charge is 2.00 e. The van der Waals surface area contributed by atoms with Crippen LogP contribution >= 0.6 is 0 Å². The molecule has 1 aromatic carbocycles. The molecule has 4 nitrogen and oxygen atoms in total. The predicted molar refractivity (Wildman–Crippen MR) is 157 cm³/mol. The number of piperidine rings is 2. The van der Waals surface area contributed by atoms with E-state index in [4.69, 9.17) is 10.6 Å². The topological polar surface area (TPSA) is 37.1 Å². The van der Waals surface area contributed by atoms with E-state index < -0.39 is 0 Å². The number of benzene rings is 1. The quantitative estimate of drug-likeness (QED) is 0.447. The van der Waals surface area contributed by atoms with Crippen molar-refractivity contribution in [2.24, 2.45) is 0 Å². The smallest absolute Gasteiger partial charge is 0.652 e. The Bertz CT molecular complexity index is 536. The maximum absolute atomic E-state index is 4.75. The number of likely N-dealkylation sites (N-methyl/N-ethyl adjacent to an activating group) is 2. The van der Waals surface area contributed by atoms with Gasteiger partial charge >= 0.3 is 52.6 Å². The summed E-state index contributed by atoms with van der Waals surface area (Å²) in [6.07, 6.45) is 7.72. The molecule has 0 aromatic heterocycles. The van der Waals surface area contributed by atoms with Crippen molar-refractivity contribution in [1.82, 2.24) is 0 Å². The molecule has 36 heavy (non-hydrogen) atoms. The molecule has 0 amide bonds. The standard InChI is InChI=1S/2C9H18N.C6H16N2.C6H5.Mg.Na/c2*1-8(2)6-5-7-9(3,4)10-8;1-7(2)5-6-8(3)4;1-2-4-6-5-3-1;;/h2*5-7H2,1-4H3;5-6H2,1-4H3;1-5H;;/q2*-1;;-1;+2;+1/p+2. The fourth-order valence-corrected chi connectivity index (χ4v) is 4.61. The monoisotopic (exact) mass is 522 g/mol. The van der Waals surface area contributed by atoms with Gasteiger partial charge in [0, 0.05) is 0 Å². The van der Waals surface area contributed by atoms with Crippen molar-refractivity contribution < 1.29 is 39.4 Å². The summed E-state index contributed by atoms with van der Waals surface area (Å²) in [6.45, 7) is 20.4. The van der Waals surface area contributed by atoms with E-state index in [1.54, 1.807) is 0 Å². The number of quaternary nitrogens is 2. The Hall–Kier alpha value is 0.826. The van der Waals surface area contributed by atoms with Gasteiger partial charge in [-0.1, -0.05) is 93.9 Å². The molecular formula is C30H59MgN4Na+2. The van der Waals surface area contributed by atoms with Crippen molar-refractivity contribution in [3.63, 3.8) is 0 Å². The summed E-state index contributed by atoms with van der Waals surface area (Å²) < 4.78 is 0. The third kappa shape index (κ3) is 25.1. The van der Waals surface area contributed by atoms with Gasteiger partial charge < -0.3 is 20.4 Å². The van der Waals surface area contributed by atoms with Crippen LogP contribution in [0, 0.1) is 6.07 Å². The van der Waals surface area contributed by atoms with Gasteiger partial charge in [0.25, 0.3) is 0 Å². The first kappa shape index (κ1) is 41.3. The van der Waals surface area contributed by atoms with Gasteiger partial charge in [0.2, 0.25) is 0 Å². The zero-order chi connectivity index (χ0) is 26.5. The second-order valence-electron chi connectivity index (χ2n) is 13.2. The molecular weight excluding hydrogens is 464 g/mol. The van der Waals surface area contributed by atoms with Crippen molar-refractivity contribution in [2.75, 3.05) is 41.3 Å². The second kappa shape index (κ2) is 19.8. The van der Waals surface area contributed by atoms with Gasteiger partial charge in [0.05, 0.1) is 28.2 Å². The minimum Gasteiger partial charge on any atom is -0.652 e. The molecule has 0 aliphatic carbocycles. The average Bonchev–Trinajstić information content (AvgIpc) is 2.65. The number of rotatable bonds is 3. The molecule has 0 saturated carbocycles. The predicted octanol–water partition coefficient (Wildman–Crippen LogP) is 1.59. The van der Waals surface area contributed by atoms with Gasteiger partial charge in [-0.15, -0.1) is 22.2 Å². The molecule has 2 heterocycles. The molecule has 2 saturated heterocycles. The summed E-state index contributed by atoms with van der Waals surface area (Å²) in [5.41, 5.74) is 0.951. The zero-order valence-corrected chi connectivity index (χ0v) is 30.1. The van der Waals surface area contributed by atoms with Crippen molar-refractivity contribution in [2.45, 2.75) is 116 Å². The van der Waals surface area contributed by atoms with E-state index in [0.29, 0.717) is 0 Å². The van der Waals surface area contributed by atoms with Gasteiger partial charge in [0.1, 0.15) is 13.1 Å². The fraction of sp³-hybridized carbons (Fsp3) is 0.800. The molecule has 200 valence electrons. The number of hydrogen-bond donors (Lipinski definition) is 2. The van der Waals surface area contributed by atoms with Gasteiger partial charge in [-0.2, -0.15) is 36.4 Å². The summed E-state index contributed by atoms with van der Waals surface area (Å²) >= 11 is 0. The van der Waals surface area contributed by atoms with Crippen LogP contribution in [0.2, 0.25) is 0 Å². The number of hydrogen-bond acceptors (Lipinski definition) is 0. The molecule has 0 bridgehead atoms.